The highest BCUT2D eigenvalue weighted by atomic mass is 16.5. The minimum Gasteiger partial charge on any atom is -0.461 e. The number of amides is 2. The summed E-state index contributed by atoms with van der Waals surface area (Å²) < 4.78 is 5.39. The second-order valence-electron chi connectivity index (χ2n) is 11.3. The molecular formula is C31H40N4O6. The van der Waals surface area contributed by atoms with E-state index in [9.17, 15) is 24.0 Å². The summed E-state index contributed by atoms with van der Waals surface area (Å²) in [5, 5.41) is 5.43. The van der Waals surface area contributed by atoms with Crippen molar-refractivity contribution in [3.63, 3.8) is 0 Å². The van der Waals surface area contributed by atoms with Gasteiger partial charge >= 0.3 is 5.97 Å². The lowest BCUT2D eigenvalue weighted by Gasteiger charge is -2.26. The molecule has 10 nitrogen and oxygen atoms in total. The van der Waals surface area contributed by atoms with Gasteiger partial charge in [-0.15, -0.1) is 0 Å². The smallest absolute Gasteiger partial charge is 0.306 e. The lowest BCUT2D eigenvalue weighted by Crippen LogP contribution is -2.47. The van der Waals surface area contributed by atoms with E-state index in [1.807, 2.05) is 58.0 Å². The molecule has 3 unspecified atom stereocenters. The molecule has 0 radical (unpaired) electrons. The lowest BCUT2D eigenvalue weighted by molar-refractivity contribution is -0.149. The SMILES string of the molecule is CC(C)CC(NC(=O)C(CC(=O)OCc1ccccc1)C(C)C)C(=O)CC1Cc2ccnc(n2)CCNC(=O)C1=O. The van der Waals surface area contributed by atoms with Crippen molar-refractivity contribution in [2.75, 3.05) is 6.54 Å². The van der Waals surface area contributed by atoms with Crippen molar-refractivity contribution in [2.24, 2.45) is 23.7 Å². The van der Waals surface area contributed by atoms with Gasteiger partial charge in [-0.25, -0.2) is 9.97 Å². The molecule has 0 aliphatic carbocycles. The van der Waals surface area contributed by atoms with E-state index in [4.69, 9.17) is 4.74 Å². The van der Waals surface area contributed by atoms with Crippen LogP contribution in [0.3, 0.4) is 0 Å². The summed E-state index contributed by atoms with van der Waals surface area (Å²) in [4.78, 5) is 73.7. The molecule has 2 heterocycles. The van der Waals surface area contributed by atoms with E-state index in [1.54, 1.807) is 12.3 Å². The van der Waals surface area contributed by atoms with E-state index in [0.29, 0.717) is 24.4 Å². The van der Waals surface area contributed by atoms with E-state index in [2.05, 4.69) is 20.6 Å². The van der Waals surface area contributed by atoms with Crippen LogP contribution in [0.5, 0.6) is 0 Å². The Morgan fingerprint density at radius 1 is 1.07 bits per heavy atom. The van der Waals surface area contributed by atoms with Crippen LogP contribution >= 0.6 is 0 Å². The minimum atomic E-state index is -0.927. The maximum absolute atomic E-state index is 13.6. The number of aromatic nitrogens is 2. The van der Waals surface area contributed by atoms with Crippen LogP contribution in [0.4, 0.5) is 0 Å². The van der Waals surface area contributed by atoms with Gasteiger partial charge in [0.05, 0.1) is 18.4 Å². The molecule has 2 bridgehead atoms. The van der Waals surface area contributed by atoms with Crippen molar-refractivity contribution >= 4 is 29.4 Å². The fraction of sp³-hybridized carbons (Fsp3) is 0.516. The number of nitrogens with zero attached hydrogens (tertiary/aromatic N) is 2. The lowest BCUT2D eigenvalue weighted by atomic mass is 9.86. The molecule has 0 fully saturated rings. The van der Waals surface area contributed by atoms with Crippen LogP contribution < -0.4 is 10.6 Å². The van der Waals surface area contributed by atoms with Gasteiger partial charge < -0.3 is 15.4 Å². The number of hydrogen-bond donors (Lipinski definition) is 2. The van der Waals surface area contributed by atoms with E-state index in [1.165, 1.54) is 0 Å². The molecule has 0 spiro atoms. The number of Topliss-reactive ketones (excluding diaryl/α,β-unsaturated/α-hetero) is 2. The highest BCUT2D eigenvalue weighted by molar-refractivity contribution is 6.37. The number of carbonyl (C=O) groups excluding carboxylic acids is 5. The van der Waals surface area contributed by atoms with Gasteiger partial charge in [0.1, 0.15) is 12.4 Å². The summed E-state index contributed by atoms with van der Waals surface area (Å²) in [6.07, 6.45) is 2.10. The number of fused-ring (bicyclic) bond motifs is 2. The summed E-state index contributed by atoms with van der Waals surface area (Å²) in [6.45, 7) is 7.85. The van der Waals surface area contributed by atoms with Crippen LogP contribution in [-0.4, -0.2) is 51.9 Å². The standard InChI is InChI=1S/C31H40N4O6/c1-19(2)14-25(35-30(39)24(20(3)4)17-28(37)41-18-21-8-6-5-7-9-21)26(36)16-22-15-23-10-12-32-27(34-23)11-13-33-31(40)29(22)38/h5-10,12,19-20,22,24-25H,11,13-18H2,1-4H3,(H,33,40)(H,35,39). The molecule has 10 heteroatoms. The molecule has 2 N–H and O–H groups in total. The Morgan fingerprint density at radius 3 is 2.49 bits per heavy atom. The summed E-state index contributed by atoms with van der Waals surface area (Å²) in [6, 6.07) is 10.1. The van der Waals surface area contributed by atoms with Crippen LogP contribution in [0.1, 0.15) is 64.0 Å². The van der Waals surface area contributed by atoms with Crippen molar-refractivity contribution in [3.05, 3.63) is 59.7 Å². The van der Waals surface area contributed by atoms with Crippen molar-refractivity contribution in [3.8, 4) is 0 Å². The highest BCUT2D eigenvalue weighted by Crippen LogP contribution is 2.21. The quantitative estimate of drug-likeness (QED) is 0.296. The molecule has 1 aromatic carbocycles. The zero-order valence-corrected chi connectivity index (χ0v) is 24.2. The van der Waals surface area contributed by atoms with Gasteiger partial charge in [-0.1, -0.05) is 58.0 Å². The fourth-order valence-electron chi connectivity index (χ4n) is 4.76. The summed E-state index contributed by atoms with van der Waals surface area (Å²) in [5.41, 5.74) is 1.42. The summed E-state index contributed by atoms with van der Waals surface area (Å²) in [7, 11) is 0. The fourth-order valence-corrected chi connectivity index (χ4v) is 4.76. The third kappa shape index (κ3) is 9.88. The van der Waals surface area contributed by atoms with Crippen LogP contribution in [0.2, 0.25) is 0 Å². The van der Waals surface area contributed by atoms with Crippen LogP contribution in [0, 0.1) is 23.7 Å². The van der Waals surface area contributed by atoms with Gasteiger partial charge in [0.15, 0.2) is 5.78 Å². The first kappa shape index (κ1) is 31.6. The Bertz CT molecular complexity index is 1230. The number of hydrogen-bond acceptors (Lipinski definition) is 8. The van der Waals surface area contributed by atoms with E-state index in [-0.39, 0.29) is 50.0 Å². The average molecular weight is 565 g/mol. The van der Waals surface area contributed by atoms with E-state index >= 15 is 0 Å². The first-order valence-corrected chi connectivity index (χ1v) is 14.2. The Hall–Kier alpha value is -3.95. The predicted molar refractivity (Wildman–Crippen MR) is 151 cm³/mol. The van der Waals surface area contributed by atoms with Gasteiger partial charge in [0, 0.05) is 43.6 Å². The van der Waals surface area contributed by atoms with Crippen molar-refractivity contribution in [1.29, 1.82) is 0 Å². The largest absolute Gasteiger partial charge is 0.461 e. The number of nitrogens with one attached hydrogen (secondary N) is 2. The van der Waals surface area contributed by atoms with Crippen molar-refractivity contribution < 1.29 is 28.7 Å². The molecule has 41 heavy (non-hydrogen) atoms. The topological polar surface area (TPSA) is 144 Å². The van der Waals surface area contributed by atoms with Gasteiger partial charge in [-0.05, 0) is 29.9 Å². The predicted octanol–water partition coefficient (Wildman–Crippen LogP) is 2.77. The van der Waals surface area contributed by atoms with Crippen LogP contribution in [0.15, 0.2) is 42.6 Å². The molecule has 3 rings (SSSR count). The number of ether oxygens (including phenoxy) is 1. The first-order valence-electron chi connectivity index (χ1n) is 14.2. The zero-order valence-electron chi connectivity index (χ0n) is 24.2. The second kappa shape index (κ2) is 15.2. The van der Waals surface area contributed by atoms with Crippen molar-refractivity contribution in [1.82, 2.24) is 20.6 Å². The van der Waals surface area contributed by atoms with Crippen molar-refractivity contribution in [2.45, 2.75) is 72.4 Å². The monoisotopic (exact) mass is 564 g/mol. The maximum Gasteiger partial charge on any atom is 0.306 e. The number of benzene rings is 1. The van der Waals surface area contributed by atoms with Gasteiger partial charge in [0.2, 0.25) is 11.7 Å². The minimum absolute atomic E-state index is 0.0602. The Labute approximate surface area is 241 Å². The first-order chi connectivity index (χ1) is 19.5. The van der Waals surface area contributed by atoms with Gasteiger partial charge in [0.25, 0.3) is 5.91 Å². The molecule has 3 atom stereocenters. The van der Waals surface area contributed by atoms with E-state index in [0.717, 1.165) is 5.56 Å². The van der Waals surface area contributed by atoms with Crippen LogP contribution in [-0.2, 0) is 48.2 Å². The molecule has 1 aliphatic rings. The second-order valence-corrected chi connectivity index (χ2v) is 11.3. The third-order valence-electron chi connectivity index (χ3n) is 7.08. The molecule has 0 saturated carbocycles. The molecule has 1 aromatic heterocycles. The highest BCUT2D eigenvalue weighted by Gasteiger charge is 2.34. The third-order valence-corrected chi connectivity index (χ3v) is 7.08. The molecule has 1 aliphatic heterocycles. The molecule has 220 valence electrons. The Morgan fingerprint density at radius 2 is 1.80 bits per heavy atom. The Balaban J connectivity index is 1.70. The molecule has 0 saturated heterocycles. The number of ketones is 2. The van der Waals surface area contributed by atoms with Crippen LogP contribution in [0.25, 0.3) is 0 Å². The average Bonchev–Trinajstić information content (AvgIpc) is 2.93. The zero-order chi connectivity index (χ0) is 29.9. The maximum atomic E-state index is 13.6. The summed E-state index contributed by atoms with van der Waals surface area (Å²) in [5.74, 6) is -3.92. The molecular weight excluding hydrogens is 524 g/mol. The van der Waals surface area contributed by atoms with E-state index < -0.39 is 41.4 Å². The number of carbonyl (C=O) groups is 5. The van der Waals surface area contributed by atoms with Gasteiger partial charge in [-0.3, -0.25) is 24.0 Å². The number of esters is 1. The molecule has 2 aromatic rings. The summed E-state index contributed by atoms with van der Waals surface area (Å²) >= 11 is 0. The van der Waals surface area contributed by atoms with Gasteiger partial charge in [-0.2, -0.15) is 0 Å². The number of rotatable bonds is 12. The molecule has 2 amide bonds. The normalized spacial score (nSPS) is 17.0. The Kier molecular flexibility index (Phi) is 11.7.